The van der Waals surface area contributed by atoms with Gasteiger partial charge in [-0.1, -0.05) is 41.9 Å². The third-order valence-electron chi connectivity index (χ3n) is 3.39. The van der Waals surface area contributed by atoms with Crippen LogP contribution >= 0.6 is 11.6 Å². The third kappa shape index (κ3) is 2.19. The molecule has 0 bridgehead atoms. The Labute approximate surface area is 123 Å². The Kier molecular flexibility index (Phi) is 3.25. The summed E-state index contributed by atoms with van der Waals surface area (Å²) in [5, 5.41) is 0.578. The Morgan fingerprint density at radius 1 is 0.950 bits per heavy atom. The highest BCUT2D eigenvalue weighted by Crippen LogP contribution is 2.29. The van der Waals surface area contributed by atoms with Crippen molar-refractivity contribution in [2.45, 2.75) is 6.92 Å². The van der Waals surface area contributed by atoms with Gasteiger partial charge in [0.25, 0.3) is 0 Å². The Bertz CT molecular complexity index is 745. The van der Waals surface area contributed by atoms with E-state index in [0.717, 1.165) is 17.1 Å². The highest BCUT2D eigenvalue weighted by Gasteiger charge is 2.10. The number of hydrogen-bond acceptors (Lipinski definition) is 1. The van der Waals surface area contributed by atoms with Crippen molar-refractivity contribution >= 4 is 17.3 Å². The average molecular weight is 283 g/mol. The second kappa shape index (κ2) is 5.06. The van der Waals surface area contributed by atoms with E-state index in [1.807, 2.05) is 36.4 Å². The zero-order valence-corrected chi connectivity index (χ0v) is 11.9. The number of hydrogen-bond donors (Lipinski definition) is 1. The molecule has 2 aromatic carbocycles. The zero-order valence-electron chi connectivity index (χ0n) is 11.2. The molecule has 0 radical (unpaired) electrons. The Hall–Kier alpha value is -2.19. The highest BCUT2D eigenvalue weighted by atomic mass is 35.5. The fourth-order valence-corrected chi connectivity index (χ4v) is 2.55. The van der Waals surface area contributed by atoms with Crippen molar-refractivity contribution in [2.24, 2.45) is 0 Å². The molecular formula is C17H15ClN2. The largest absolute Gasteiger partial charge is 0.398 e. The number of nitrogen functional groups attached to an aromatic ring is 1. The number of nitrogens with zero attached hydrogens (tertiary/aromatic N) is 1. The van der Waals surface area contributed by atoms with Gasteiger partial charge in [-0.25, -0.2) is 0 Å². The van der Waals surface area contributed by atoms with Crippen molar-refractivity contribution in [3.8, 4) is 16.9 Å². The minimum atomic E-state index is 0.578. The van der Waals surface area contributed by atoms with Crippen molar-refractivity contribution in [3.63, 3.8) is 0 Å². The molecule has 2 nitrogen and oxygen atoms in total. The number of benzene rings is 2. The molecule has 0 unspecified atom stereocenters. The number of rotatable bonds is 2. The number of aryl methyl sites for hydroxylation is 1. The molecular weight excluding hydrogens is 268 g/mol. The van der Waals surface area contributed by atoms with Gasteiger partial charge in [0.15, 0.2) is 0 Å². The second-order valence-electron chi connectivity index (χ2n) is 4.77. The summed E-state index contributed by atoms with van der Waals surface area (Å²) in [7, 11) is 0. The van der Waals surface area contributed by atoms with Crippen LogP contribution in [0.5, 0.6) is 0 Å². The van der Waals surface area contributed by atoms with Gasteiger partial charge < -0.3 is 10.3 Å². The van der Waals surface area contributed by atoms with Crippen LogP contribution in [0.25, 0.3) is 16.9 Å². The lowest BCUT2D eigenvalue weighted by molar-refractivity contribution is 1.02. The lowest BCUT2D eigenvalue weighted by atomic mass is 10.1. The second-order valence-corrected chi connectivity index (χ2v) is 5.17. The van der Waals surface area contributed by atoms with Crippen LogP contribution in [0, 0.1) is 6.92 Å². The van der Waals surface area contributed by atoms with Crippen LogP contribution in [-0.2, 0) is 0 Å². The van der Waals surface area contributed by atoms with Gasteiger partial charge in [0.2, 0.25) is 0 Å². The molecule has 100 valence electrons. The predicted octanol–water partition coefficient (Wildman–Crippen LogP) is 4.69. The molecule has 0 saturated heterocycles. The summed E-state index contributed by atoms with van der Waals surface area (Å²) in [6.45, 7) is 2.08. The maximum atomic E-state index is 6.14. The van der Waals surface area contributed by atoms with Crippen LogP contribution in [-0.4, -0.2) is 4.57 Å². The van der Waals surface area contributed by atoms with Crippen LogP contribution in [0.15, 0.2) is 60.7 Å². The van der Waals surface area contributed by atoms with E-state index in [9.17, 15) is 0 Å². The highest BCUT2D eigenvalue weighted by molar-refractivity contribution is 6.33. The molecule has 2 N–H and O–H groups in total. The monoisotopic (exact) mass is 282 g/mol. The van der Waals surface area contributed by atoms with E-state index in [-0.39, 0.29) is 0 Å². The summed E-state index contributed by atoms with van der Waals surface area (Å²) in [6, 6.07) is 20.2. The van der Waals surface area contributed by atoms with Crippen LogP contribution in [0.1, 0.15) is 5.69 Å². The smallest absolute Gasteiger partial charge is 0.0656 e. The van der Waals surface area contributed by atoms with Gasteiger partial charge in [-0.05, 0) is 42.8 Å². The molecule has 0 amide bonds. The molecule has 0 atom stereocenters. The van der Waals surface area contributed by atoms with Crippen molar-refractivity contribution in [1.82, 2.24) is 4.57 Å². The van der Waals surface area contributed by atoms with E-state index < -0.39 is 0 Å². The van der Waals surface area contributed by atoms with Crippen LogP contribution in [0.3, 0.4) is 0 Å². The first-order chi connectivity index (χ1) is 9.66. The van der Waals surface area contributed by atoms with Gasteiger partial charge in [0, 0.05) is 11.4 Å². The SMILES string of the molecule is Cc1ccc(-c2ccccc2)n1-c1ccc(N)c(Cl)c1. The van der Waals surface area contributed by atoms with Crippen molar-refractivity contribution in [1.29, 1.82) is 0 Å². The average Bonchev–Trinajstić information content (AvgIpc) is 2.85. The standard InChI is InChI=1S/C17H15ClN2/c1-12-7-10-17(13-5-3-2-4-6-13)20(12)14-8-9-16(19)15(18)11-14/h2-11H,19H2,1H3. The fourth-order valence-electron chi connectivity index (χ4n) is 2.37. The molecule has 1 aromatic heterocycles. The van der Waals surface area contributed by atoms with E-state index in [0.29, 0.717) is 10.7 Å². The zero-order chi connectivity index (χ0) is 14.1. The first-order valence-corrected chi connectivity index (χ1v) is 6.84. The summed E-state index contributed by atoms with van der Waals surface area (Å²) in [5.74, 6) is 0. The molecule has 0 aliphatic heterocycles. The van der Waals surface area contributed by atoms with Crippen LogP contribution in [0.2, 0.25) is 5.02 Å². The van der Waals surface area contributed by atoms with E-state index in [1.165, 1.54) is 5.56 Å². The first kappa shape index (κ1) is 12.8. The minimum absolute atomic E-state index is 0.578. The lowest BCUT2D eigenvalue weighted by Gasteiger charge is -2.13. The number of aromatic nitrogens is 1. The molecule has 0 aliphatic rings. The summed E-state index contributed by atoms with van der Waals surface area (Å²) < 4.78 is 2.18. The molecule has 1 heterocycles. The quantitative estimate of drug-likeness (QED) is 0.679. The predicted molar refractivity (Wildman–Crippen MR) is 85.4 cm³/mol. The number of anilines is 1. The Balaban J connectivity index is 2.19. The van der Waals surface area contributed by atoms with E-state index in [2.05, 4.69) is 35.8 Å². The maximum absolute atomic E-state index is 6.14. The number of halogens is 1. The minimum Gasteiger partial charge on any atom is -0.398 e. The van der Waals surface area contributed by atoms with Gasteiger partial charge in [0.05, 0.1) is 16.4 Å². The lowest BCUT2D eigenvalue weighted by Crippen LogP contribution is -1.99. The van der Waals surface area contributed by atoms with Crippen molar-refractivity contribution < 1.29 is 0 Å². The summed E-state index contributed by atoms with van der Waals surface area (Å²) >= 11 is 6.14. The number of nitrogens with two attached hydrogens (primary N) is 1. The maximum Gasteiger partial charge on any atom is 0.0656 e. The van der Waals surface area contributed by atoms with Gasteiger partial charge in [-0.2, -0.15) is 0 Å². The van der Waals surface area contributed by atoms with Crippen molar-refractivity contribution in [3.05, 3.63) is 71.4 Å². The molecule has 20 heavy (non-hydrogen) atoms. The van der Waals surface area contributed by atoms with Gasteiger partial charge >= 0.3 is 0 Å². The normalized spacial score (nSPS) is 10.7. The molecule has 0 saturated carbocycles. The van der Waals surface area contributed by atoms with Crippen LogP contribution < -0.4 is 5.73 Å². The summed E-state index contributed by atoms with van der Waals surface area (Å²) in [6.07, 6.45) is 0. The summed E-state index contributed by atoms with van der Waals surface area (Å²) in [4.78, 5) is 0. The van der Waals surface area contributed by atoms with E-state index >= 15 is 0 Å². The Morgan fingerprint density at radius 2 is 1.70 bits per heavy atom. The van der Waals surface area contributed by atoms with E-state index in [4.69, 9.17) is 17.3 Å². The molecule has 0 aliphatic carbocycles. The fraction of sp³-hybridized carbons (Fsp3) is 0.0588. The molecule has 0 fully saturated rings. The topological polar surface area (TPSA) is 30.9 Å². The molecule has 3 rings (SSSR count). The third-order valence-corrected chi connectivity index (χ3v) is 3.72. The molecule has 3 aromatic rings. The van der Waals surface area contributed by atoms with Gasteiger partial charge in [-0.3, -0.25) is 0 Å². The van der Waals surface area contributed by atoms with Crippen molar-refractivity contribution in [2.75, 3.05) is 5.73 Å². The van der Waals surface area contributed by atoms with E-state index in [1.54, 1.807) is 0 Å². The molecule has 0 spiro atoms. The molecule has 3 heteroatoms. The summed E-state index contributed by atoms with van der Waals surface area (Å²) in [5.41, 5.74) is 10.9. The van der Waals surface area contributed by atoms with Gasteiger partial charge in [0.1, 0.15) is 0 Å². The van der Waals surface area contributed by atoms with Gasteiger partial charge in [-0.15, -0.1) is 0 Å². The van der Waals surface area contributed by atoms with Crippen LogP contribution in [0.4, 0.5) is 5.69 Å². The Morgan fingerprint density at radius 3 is 2.40 bits per heavy atom. The first-order valence-electron chi connectivity index (χ1n) is 6.46.